The van der Waals surface area contributed by atoms with Crippen molar-refractivity contribution in [2.45, 2.75) is 45.5 Å². The van der Waals surface area contributed by atoms with Crippen LogP contribution >= 0.6 is 24.0 Å². The SMILES string of the molecule is CN=C(NCc1ccc(C)cc1N(C)C)NC1CCc2nc(COC)nn2C1.I. The van der Waals surface area contributed by atoms with E-state index in [1.54, 1.807) is 14.2 Å². The maximum atomic E-state index is 5.14. The molecule has 1 aliphatic rings. The molecule has 1 aromatic heterocycles. The minimum atomic E-state index is 0. The molecule has 1 aliphatic heterocycles. The summed E-state index contributed by atoms with van der Waals surface area (Å²) in [5.74, 6) is 2.58. The van der Waals surface area contributed by atoms with Crippen molar-refractivity contribution in [1.82, 2.24) is 25.4 Å². The number of benzene rings is 1. The highest BCUT2D eigenvalue weighted by Crippen LogP contribution is 2.20. The van der Waals surface area contributed by atoms with Crippen LogP contribution in [0.5, 0.6) is 0 Å². The number of aryl methyl sites for hydroxylation is 2. The summed E-state index contributed by atoms with van der Waals surface area (Å²) < 4.78 is 7.11. The van der Waals surface area contributed by atoms with Crippen molar-refractivity contribution in [3.05, 3.63) is 41.0 Å². The second kappa shape index (κ2) is 10.8. The van der Waals surface area contributed by atoms with E-state index in [0.717, 1.165) is 37.0 Å². The zero-order valence-corrected chi connectivity index (χ0v) is 20.2. The van der Waals surface area contributed by atoms with E-state index in [0.29, 0.717) is 13.2 Å². The second-order valence-corrected chi connectivity index (χ2v) is 7.39. The number of nitrogens with one attached hydrogen (secondary N) is 2. The summed E-state index contributed by atoms with van der Waals surface area (Å²) in [6.07, 6.45) is 1.90. The number of ether oxygens (including phenoxy) is 1. The molecule has 2 heterocycles. The molecule has 1 unspecified atom stereocenters. The Kier molecular flexibility index (Phi) is 8.69. The van der Waals surface area contributed by atoms with Gasteiger partial charge in [0.25, 0.3) is 0 Å². The van der Waals surface area contributed by atoms with Crippen LogP contribution in [0.4, 0.5) is 5.69 Å². The highest BCUT2D eigenvalue weighted by Gasteiger charge is 2.22. The Morgan fingerprint density at radius 3 is 2.86 bits per heavy atom. The van der Waals surface area contributed by atoms with Gasteiger partial charge in [-0.2, -0.15) is 5.10 Å². The number of aromatic nitrogens is 3. The monoisotopic (exact) mass is 513 g/mol. The molecule has 0 fully saturated rings. The van der Waals surface area contributed by atoms with Crippen molar-refractivity contribution >= 4 is 35.6 Å². The van der Waals surface area contributed by atoms with Crippen molar-refractivity contribution in [2.24, 2.45) is 4.99 Å². The predicted molar refractivity (Wildman–Crippen MR) is 127 cm³/mol. The summed E-state index contributed by atoms with van der Waals surface area (Å²) in [6.45, 7) is 4.06. The van der Waals surface area contributed by atoms with Crippen LogP contribution in [0, 0.1) is 6.92 Å². The topological polar surface area (TPSA) is 79.6 Å². The minimum Gasteiger partial charge on any atom is -0.377 e. The number of guanidine groups is 1. The Morgan fingerprint density at radius 1 is 1.38 bits per heavy atom. The molecular formula is C20H32IN7O. The van der Waals surface area contributed by atoms with Gasteiger partial charge in [-0.3, -0.25) is 4.99 Å². The van der Waals surface area contributed by atoms with E-state index in [1.165, 1.54) is 16.8 Å². The molecule has 1 aromatic carbocycles. The predicted octanol–water partition coefficient (Wildman–Crippen LogP) is 2.10. The lowest BCUT2D eigenvalue weighted by molar-refractivity contribution is 0.177. The van der Waals surface area contributed by atoms with Crippen LogP contribution in [-0.4, -0.2) is 55.0 Å². The largest absolute Gasteiger partial charge is 0.377 e. The number of rotatable bonds is 6. The molecule has 0 radical (unpaired) electrons. The normalized spacial score (nSPS) is 16.0. The summed E-state index contributed by atoms with van der Waals surface area (Å²) in [4.78, 5) is 11.1. The lowest BCUT2D eigenvalue weighted by atomic mass is 10.1. The standard InChI is InChI=1S/C20H31N7O.HI/c1-14-6-7-15(17(10-14)26(3)4)11-22-20(21-2)23-16-8-9-19-24-18(13-28-5)25-27(19)12-16;/h6-7,10,16H,8-9,11-13H2,1-5H3,(H2,21,22,23);1H. The summed E-state index contributed by atoms with van der Waals surface area (Å²) in [5, 5.41) is 11.5. The molecule has 0 saturated heterocycles. The molecular weight excluding hydrogens is 481 g/mol. The number of nitrogens with zero attached hydrogens (tertiary/aromatic N) is 5. The van der Waals surface area contributed by atoms with Gasteiger partial charge < -0.3 is 20.3 Å². The fourth-order valence-corrected chi connectivity index (χ4v) is 3.48. The quantitative estimate of drug-likeness (QED) is 0.350. The highest BCUT2D eigenvalue weighted by atomic mass is 127. The number of hydrogen-bond donors (Lipinski definition) is 2. The van der Waals surface area contributed by atoms with Crippen molar-refractivity contribution in [1.29, 1.82) is 0 Å². The molecule has 2 N–H and O–H groups in total. The van der Waals surface area contributed by atoms with E-state index < -0.39 is 0 Å². The first-order chi connectivity index (χ1) is 13.5. The third-order valence-corrected chi connectivity index (χ3v) is 4.91. The Labute approximate surface area is 190 Å². The van der Waals surface area contributed by atoms with Gasteiger partial charge in [-0.05, 0) is 30.5 Å². The third-order valence-electron chi connectivity index (χ3n) is 4.91. The summed E-state index contributed by atoms with van der Waals surface area (Å²) in [5.41, 5.74) is 3.72. The first-order valence-corrected chi connectivity index (χ1v) is 9.65. The van der Waals surface area contributed by atoms with Crippen LogP contribution in [0.15, 0.2) is 23.2 Å². The van der Waals surface area contributed by atoms with Gasteiger partial charge in [0.15, 0.2) is 11.8 Å². The van der Waals surface area contributed by atoms with Gasteiger partial charge in [0.05, 0.1) is 6.54 Å². The first-order valence-electron chi connectivity index (χ1n) is 9.65. The van der Waals surface area contributed by atoms with Crippen LogP contribution in [0.1, 0.15) is 29.2 Å². The fourth-order valence-electron chi connectivity index (χ4n) is 3.48. The molecule has 0 amide bonds. The van der Waals surface area contributed by atoms with E-state index in [1.807, 2.05) is 4.68 Å². The summed E-state index contributed by atoms with van der Waals surface area (Å²) in [7, 11) is 7.61. The van der Waals surface area contributed by atoms with Gasteiger partial charge >= 0.3 is 0 Å². The van der Waals surface area contributed by atoms with Gasteiger partial charge in [0.1, 0.15) is 12.4 Å². The third kappa shape index (κ3) is 6.05. The molecule has 3 rings (SSSR count). The zero-order valence-electron chi connectivity index (χ0n) is 17.9. The minimum absolute atomic E-state index is 0. The average molecular weight is 513 g/mol. The van der Waals surface area contributed by atoms with Gasteiger partial charge in [-0.15, -0.1) is 24.0 Å². The molecule has 2 aromatic rings. The number of halogens is 1. The lowest BCUT2D eigenvalue weighted by Crippen LogP contribution is -2.46. The molecule has 0 spiro atoms. The summed E-state index contributed by atoms with van der Waals surface area (Å²) >= 11 is 0. The summed E-state index contributed by atoms with van der Waals surface area (Å²) in [6, 6.07) is 6.79. The van der Waals surface area contributed by atoms with E-state index in [2.05, 4.69) is 69.8 Å². The fraction of sp³-hybridized carbons (Fsp3) is 0.550. The second-order valence-electron chi connectivity index (χ2n) is 7.39. The van der Waals surface area contributed by atoms with E-state index >= 15 is 0 Å². The molecule has 0 saturated carbocycles. The first kappa shape index (κ1) is 23.4. The number of hydrogen-bond acceptors (Lipinski definition) is 5. The van der Waals surface area contributed by atoms with Crippen LogP contribution in [0.2, 0.25) is 0 Å². The van der Waals surface area contributed by atoms with Crippen molar-refractivity contribution in [2.75, 3.05) is 33.2 Å². The highest BCUT2D eigenvalue weighted by molar-refractivity contribution is 14.0. The van der Waals surface area contributed by atoms with E-state index in [4.69, 9.17) is 4.74 Å². The van der Waals surface area contributed by atoms with Crippen LogP contribution < -0.4 is 15.5 Å². The molecule has 0 aliphatic carbocycles. The number of anilines is 1. The Hall–Kier alpha value is -1.88. The molecule has 1 atom stereocenters. The smallest absolute Gasteiger partial charge is 0.191 e. The van der Waals surface area contributed by atoms with Crippen LogP contribution in [-0.2, 0) is 30.9 Å². The Morgan fingerprint density at radius 2 is 2.17 bits per heavy atom. The van der Waals surface area contributed by atoms with E-state index in [-0.39, 0.29) is 30.0 Å². The molecule has 0 bridgehead atoms. The Balaban J connectivity index is 0.00000300. The maximum absolute atomic E-state index is 5.14. The van der Waals surface area contributed by atoms with E-state index in [9.17, 15) is 0 Å². The Bertz CT molecular complexity index is 834. The molecule has 8 nitrogen and oxygen atoms in total. The van der Waals surface area contributed by atoms with Crippen LogP contribution in [0.3, 0.4) is 0 Å². The van der Waals surface area contributed by atoms with Crippen LogP contribution in [0.25, 0.3) is 0 Å². The van der Waals surface area contributed by atoms with Gasteiger partial charge in [0.2, 0.25) is 0 Å². The zero-order chi connectivity index (χ0) is 20.1. The number of methoxy groups -OCH3 is 1. The average Bonchev–Trinajstić information content (AvgIpc) is 3.07. The van der Waals surface area contributed by atoms with Gasteiger partial charge in [-0.1, -0.05) is 12.1 Å². The lowest BCUT2D eigenvalue weighted by Gasteiger charge is -2.26. The van der Waals surface area contributed by atoms with Crippen molar-refractivity contribution in [3.63, 3.8) is 0 Å². The van der Waals surface area contributed by atoms with Crippen molar-refractivity contribution in [3.8, 4) is 0 Å². The number of aliphatic imine (C=N–C) groups is 1. The van der Waals surface area contributed by atoms with Gasteiger partial charge in [0, 0.05) is 52.9 Å². The van der Waals surface area contributed by atoms with Crippen molar-refractivity contribution < 1.29 is 4.74 Å². The molecule has 160 valence electrons. The molecule has 29 heavy (non-hydrogen) atoms. The van der Waals surface area contributed by atoms with Gasteiger partial charge in [-0.25, -0.2) is 9.67 Å². The molecule has 9 heteroatoms. The maximum Gasteiger partial charge on any atom is 0.191 e. The number of fused-ring (bicyclic) bond motifs is 1.